The predicted molar refractivity (Wildman–Crippen MR) is 79.2 cm³/mol. The van der Waals surface area contributed by atoms with E-state index in [0.29, 0.717) is 6.04 Å². The summed E-state index contributed by atoms with van der Waals surface area (Å²) in [5.41, 5.74) is 1.93. The highest BCUT2D eigenvalue weighted by atomic mass is 16.5. The summed E-state index contributed by atoms with van der Waals surface area (Å²) in [6, 6.07) is 4.32. The van der Waals surface area contributed by atoms with Gasteiger partial charge in [-0.25, -0.2) is 9.97 Å². The minimum Gasteiger partial charge on any atom is -0.379 e. The lowest BCUT2D eigenvalue weighted by Gasteiger charge is -2.28. The highest BCUT2D eigenvalue weighted by Crippen LogP contribution is 2.33. The molecule has 5 nitrogen and oxygen atoms in total. The molecule has 4 heterocycles. The van der Waals surface area contributed by atoms with Crippen molar-refractivity contribution in [1.29, 1.82) is 0 Å². The van der Waals surface area contributed by atoms with Crippen LogP contribution in [0.2, 0.25) is 0 Å². The van der Waals surface area contributed by atoms with E-state index in [4.69, 9.17) is 14.5 Å². The van der Waals surface area contributed by atoms with Crippen molar-refractivity contribution in [2.75, 3.05) is 19.8 Å². The lowest BCUT2D eigenvalue weighted by Crippen LogP contribution is -2.25. The van der Waals surface area contributed by atoms with Crippen molar-refractivity contribution in [3.05, 3.63) is 24.2 Å². The predicted octanol–water partition coefficient (Wildman–Crippen LogP) is 3.02. The molecule has 2 aliphatic heterocycles. The fourth-order valence-electron chi connectivity index (χ4n) is 3.41. The average Bonchev–Trinajstić information content (AvgIpc) is 2.96. The number of imidazole rings is 1. The van der Waals surface area contributed by atoms with Crippen LogP contribution < -0.4 is 0 Å². The Hall–Kier alpha value is -1.46. The SMILES string of the molecule is c1cnc2c(c1)nc(C1CCCCO1)n2C1CCCOC1. The molecule has 112 valence electrons. The second-order valence-corrected chi connectivity index (χ2v) is 5.91. The third-order valence-electron chi connectivity index (χ3n) is 4.45. The quantitative estimate of drug-likeness (QED) is 0.852. The van der Waals surface area contributed by atoms with Gasteiger partial charge in [0.25, 0.3) is 0 Å². The normalized spacial score (nSPS) is 27.0. The lowest BCUT2D eigenvalue weighted by atomic mass is 10.1. The van der Waals surface area contributed by atoms with Crippen LogP contribution in [0.3, 0.4) is 0 Å². The van der Waals surface area contributed by atoms with Crippen molar-refractivity contribution in [2.45, 2.75) is 44.2 Å². The van der Waals surface area contributed by atoms with Gasteiger partial charge in [-0.3, -0.25) is 0 Å². The molecule has 2 aromatic rings. The Kier molecular flexibility index (Phi) is 3.61. The van der Waals surface area contributed by atoms with Crippen LogP contribution in [0.5, 0.6) is 0 Å². The third-order valence-corrected chi connectivity index (χ3v) is 4.45. The van der Waals surface area contributed by atoms with E-state index in [-0.39, 0.29) is 6.10 Å². The first-order valence-corrected chi connectivity index (χ1v) is 7.95. The van der Waals surface area contributed by atoms with Gasteiger partial charge in [-0.2, -0.15) is 0 Å². The van der Waals surface area contributed by atoms with Crippen LogP contribution in [0.4, 0.5) is 0 Å². The molecule has 0 N–H and O–H groups in total. The second kappa shape index (κ2) is 5.73. The Labute approximate surface area is 124 Å². The number of rotatable bonds is 2. The summed E-state index contributed by atoms with van der Waals surface area (Å²) in [6.07, 6.45) is 7.59. The number of pyridine rings is 1. The van der Waals surface area contributed by atoms with Crippen LogP contribution in [0.1, 0.15) is 50.1 Å². The molecule has 0 aliphatic carbocycles. The second-order valence-electron chi connectivity index (χ2n) is 5.91. The molecule has 2 aromatic heterocycles. The van der Waals surface area contributed by atoms with E-state index in [1.165, 1.54) is 6.42 Å². The Morgan fingerprint density at radius 1 is 1.14 bits per heavy atom. The molecule has 0 aromatic carbocycles. The van der Waals surface area contributed by atoms with Crippen molar-refractivity contribution < 1.29 is 9.47 Å². The van der Waals surface area contributed by atoms with Crippen LogP contribution >= 0.6 is 0 Å². The Morgan fingerprint density at radius 3 is 2.95 bits per heavy atom. The summed E-state index contributed by atoms with van der Waals surface area (Å²) in [5.74, 6) is 1.04. The van der Waals surface area contributed by atoms with Gasteiger partial charge in [-0.05, 0) is 44.2 Å². The minimum atomic E-state index is 0.106. The maximum absolute atomic E-state index is 5.97. The number of ether oxygens (including phenoxy) is 2. The molecule has 0 bridgehead atoms. The highest BCUT2D eigenvalue weighted by molar-refractivity contribution is 5.71. The van der Waals surface area contributed by atoms with E-state index in [0.717, 1.165) is 62.5 Å². The molecule has 2 aliphatic rings. The summed E-state index contributed by atoms with van der Waals surface area (Å²) in [7, 11) is 0. The maximum atomic E-state index is 5.97. The van der Waals surface area contributed by atoms with Gasteiger partial charge in [-0.1, -0.05) is 0 Å². The molecule has 2 fully saturated rings. The molecule has 2 atom stereocenters. The fourth-order valence-corrected chi connectivity index (χ4v) is 3.41. The zero-order valence-electron chi connectivity index (χ0n) is 12.2. The standard InChI is InChI=1S/C16H21N3O2/c1-2-10-21-14(7-1)16-18-13-6-3-8-17-15(13)19(16)12-5-4-9-20-11-12/h3,6,8,12,14H,1-2,4-5,7,9-11H2. The van der Waals surface area contributed by atoms with E-state index >= 15 is 0 Å². The third kappa shape index (κ3) is 2.45. The summed E-state index contributed by atoms with van der Waals surface area (Å²) in [6.45, 7) is 2.45. The van der Waals surface area contributed by atoms with E-state index < -0.39 is 0 Å². The van der Waals surface area contributed by atoms with Gasteiger partial charge in [0.1, 0.15) is 17.4 Å². The molecule has 0 saturated carbocycles. The first kappa shape index (κ1) is 13.2. The monoisotopic (exact) mass is 287 g/mol. The molecule has 2 unspecified atom stereocenters. The first-order chi connectivity index (χ1) is 10.4. The van der Waals surface area contributed by atoms with Crippen LogP contribution in [0, 0.1) is 0 Å². The summed E-state index contributed by atoms with van der Waals surface area (Å²) < 4.78 is 13.9. The fraction of sp³-hybridized carbons (Fsp3) is 0.625. The molecule has 0 radical (unpaired) electrons. The number of fused-ring (bicyclic) bond motifs is 1. The molecular formula is C16H21N3O2. The van der Waals surface area contributed by atoms with E-state index in [2.05, 4.69) is 9.55 Å². The summed E-state index contributed by atoms with van der Waals surface area (Å²) >= 11 is 0. The van der Waals surface area contributed by atoms with Crippen LogP contribution in [-0.4, -0.2) is 34.4 Å². The van der Waals surface area contributed by atoms with Crippen molar-refractivity contribution in [3.8, 4) is 0 Å². The van der Waals surface area contributed by atoms with Gasteiger partial charge in [-0.15, -0.1) is 0 Å². The molecule has 21 heavy (non-hydrogen) atoms. The van der Waals surface area contributed by atoms with Crippen LogP contribution in [-0.2, 0) is 9.47 Å². The van der Waals surface area contributed by atoms with Crippen molar-refractivity contribution >= 4 is 11.2 Å². The number of aromatic nitrogens is 3. The minimum absolute atomic E-state index is 0.106. The Balaban J connectivity index is 1.79. The molecule has 2 saturated heterocycles. The topological polar surface area (TPSA) is 49.2 Å². The average molecular weight is 287 g/mol. The van der Waals surface area contributed by atoms with E-state index in [9.17, 15) is 0 Å². The highest BCUT2D eigenvalue weighted by Gasteiger charge is 2.28. The molecule has 0 spiro atoms. The number of hydrogen-bond acceptors (Lipinski definition) is 4. The van der Waals surface area contributed by atoms with Crippen molar-refractivity contribution in [2.24, 2.45) is 0 Å². The van der Waals surface area contributed by atoms with E-state index in [1.54, 1.807) is 0 Å². The largest absolute Gasteiger partial charge is 0.379 e. The zero-order chi connectivity index (χ0) is 14.1. The summed E-state index contributed by atoms with van der Waals surface area (Å²) in [4.78, 5) is 9.39. The van der Waals surface area contributed by atoms with E-state index in [1.807, 2.05) is 18.3 Å². The lowest BCUT2D eigenvalue weighted by molar-refractivity contribution is 0.00224. The smallest absolute Gasteiger partial charge is 0.160 e. The van der Waals surface area contributed by atoms with Gasteiger partial charge in [0.2, 0.25) is 0 Å². The van der Waals surface area contributed by atoms with Crippen molar-refractivity contribution in [1.82, 2.24) is 14.5 Å². The van der Waals surface area contributed by atoms with Gasteiger partial charge in [0.15, 0.2) is 5.65 Å². The Morgan fingerprint density at radius 2 is 2.14 bits per heavy atom. The van der Waals surface area contributed by atoms with Crippen LogP contribution in [0.15, 0.2) is 18.3 Å². The molecule has 4 rings (SSSR count). The van der Waals surface area contributed by atoms with Crippen LogP contribution in [0.25, 0.3) is 11.2 Å². The van der Waals surface area contributed by atoms with Gasteiger partial charge in [0.05, 0.1) is 12.6 Å². The maximum Gasteiger partial charge on any atom is 0.160 e. The first-order valence-electron chi connectivity index (χ1n) is 7.95. The van der Waals surface area contributed by atoms with Gasteiger partial charge in [0, 0.05) is 19.4 Å². The number of hydrogen-bond donors (Lipinski definition) is 0. The van der Waals surface area contributed by atoms with Gasteiger partial charge < -0.3 is 14.0 Å². The zero-order valence-corrected chi connectivity index (χ0v) is 12.2. The Bertz CT molecular complexity index is 613. The summed E-state index contributed by atoms with van der Waals surface area (Å²) in [5, 5.41) is 0. The molecule has 5 heteroatoms. The van der Waals surface area contributed by atoms with Crippen molar-refractivity contribution in [3.63, 3.8) is 0 Å². The molecule has 0 amide bonds. The number of nitrogens with zero attached hydrogens (tertiary/aromatic N) is 3. The van der Waals surface area contributed by atoms with Gasteiger partial charge >= 0.3 is 0 Å². The molecular weight excluding hydrogens is 266 g/mol.